The summed E-state index contributed by atoms with van der Waals surface area (Å²) in [7, 11) is 0. The maximum absolute atomic E-state index is 14.4. The molecule has 0 heterocycles. The first-order valence-electron chi connectivity index (χ1n) is 14.6. The summed E-state index contributed by atoms with van der Waals surface area (Å²) >= 11 is 0. The molecule has 1 atom stereocenters. The molecule has 0 bridgehead atoms. The van der Waals surface area contributed by atoms with Gasteiger partial charge in [-0.2, -0.15) is 0 Å². The second-order valence-corrected chi connectivity index (χ2v) is 10.7. The van der Waals surface area contributed by atoms with Crippen LogP contribution in [0, 0.1) is 0 Å². The largest absolute Gasteiger partial charge is 0.480 e. The molecule has 5 aromatic rings. The van der Waals surface area contributed by atoms with Crippen LogP contribution in [0.25, 0.3) is 0 Å². The van der Waals surface area contributed by atoms with Crippen molar-refractivity contribution >= 4 is 17.8 Å². The van der Waals surface area contributed by atoms with Crippen LogP contribution in [0.15, 0.2) is 146 Å². The van der Waals surface area contributed by atoms with E-state index in [1.807, 2.05) is 138 Å². The van der Waals surface area contributed by atoms with Crippen molar-refractivity contribution in [1.82, 2.24) is 10.2 Å². The van der Waals surface area contributed by atoms with Gasteiger partial charge in [-0.05, 0) is 39.9 Å². The van der Waals surface area contributed by atoms with E-state index in [4.69, 9.17) is 0 Å². The van der Waals surface area contributed by atoms with Crippen molar-refractivity contribution in [2.24, 2.45) is 0 Å². The number of amides is 2. The molecule has 0 aliphatic carbocycles. The summed E-state index contributed by atoms with van der Waals surface area (Å²) < 4.78 is 0. The molecule has 0 aromatic heterocycles. The van der Waals surface area contributed by atoms with E-state index < -0.39 is 23.8 Å². The predicted molar refractivity (Wildman–Crippen MR) is 171 cm³/mol. The Hall–Kier alpha value is -5.49. The lowest BCUT2D eigenvalue weighted by Crippen LogP contribution is -2.42. The number of nitrogens with zero attached hydrogens (tertiary/aromatic N) is 1. The minimum absolute atomic E-state index is 0.0294. The number of carboxylic acids is 1. The monoisotopic (exact) mass is 582 g/mol. The number of hydrogen-bond donors (Lipinski definition) is 2. The average molecular weight is 583 g/mol. The van der Waals surface area contributed by atoms with Crippen LogP contribution in [0.4, 0.5) is 0 Å². The Morgan fingerprint density at radius 3 is 1.48 bits per heavy atom. The van der Waals surface area contributed by atoms with Crippen LogP contribution in [-0.2, 0) is 29.1 Å². The van der Waals surface area contributed by atoms with Gasteiger partial charge in [0.05, 0.1) is 5.92 Å². The Balaban J connectivity index is 1.37. The van der Waals surface area contributed by atoms with Crippen molar-refractivity contribution in [1.29, 1.82) is 0 Å². The van der Waals surface area contributed by atoms with Crippen molar-refractivity contribution < 1.29 is 19.5 Å². The van der Waals surface area contributed by atoms with Gasteiger partial charge in [-0.15, -0.1) is 0 Å². The zero-order chi connectivity index (χ0) is 30.7. The minimum Gasteiger partial charge on any atom is -0.480 e. The molecule has 0 radical (unpaired) electrons. The van der Waals surface area contributed by atoms with Gasteiger partial charge in [-0.3, -0.25) is 9.59 Å². The van der Waals surface area contributed by atoms with Gasteiger partial charge < -0.3 is 15.3 Å². The number of rotatable bonds is 12. The maximum Gasteiger partial charge on any atom is 0.326 e. The zero-order valence-electron chi connectivity index (χ0n) is 24.3. The van der Waals surface area contributed by atoms with Gasteiger partial charge in [-0.25, -0.2) is 4.79 Å². The number of nitrogens with one attached hydrogen (secondary N) is 1. The third-order valence-electron chi connectivity index (χ3n) is 7.52. The Morgan fingerprint density at radius 1 is 0.568 bits per heavy atom. The number of carbonyl (C=O) groups is 3. The molecule has 5 rings (SSSR count). The van der Waals surface area contributed by atoms with E-state index in [-0.39, 0.29) is 12.3 Å². The maximum atomic E-state index is 14.4. The van der Waals surface area contributed by atoms with Crippen LogP contribution in [0.3, 0.4) is 0 Å². The van der Waals surface area contributed by atoms with Crippen molar-refractivity contribution in [3.63, 3.8) is 0 Å². The quantitative estimate of drug-likeness (QED) is 0.177. The minimum atomic E-state index is -1.10. The molecule has 2 N–H and O–H groups in total. The predicted octanol–water partition coefficient (Wildman–Crippen LogP) is 6.47. The van der Waals surface area contributed by atoms with E-state index in [1.54, 1.807) is 12.1 Å². The first-order chi connectivity index (χ1) is 21.5. The van der Waals surface area contributed by atoms with Gasteiger partial charge in [-0.1, -0.05) is 133 Å². The normalized spacial score (nSPS) is 11.5. The number of aliphatic carboxylic acids is 1. The molecule has 44 heavy (non-hydrogen) atoms. The Kier molecular flexibility index (Phi) is 9.95. The SMILES string of the molecule is O=C(N[C@@H](Cc1ccccc1)C(=O)O)c1ccc(CN(Cc2ccccc2)C(=O)C(c2ccccc2)c2ccccc2)cc1. The number of benzene rings is 5. The number of carboxylic acid groups (broad SMARTS) is 1. The van der Waals surface area contributed by atoms with Crippen molar-refractivity contribution in [3.05, 3.63) is 179 Å². The molecule has 0 aliphatic heterocycles. The van der Waals surface area contributed by atoms with Crippen LogP contribution < -0.4 is 5.32 Å². The van der Waals surface area contributed by atoms with Crippen molar-refractivity contribution in [2.75, 3.05) is 0 Å². The van der Waals surface area contributed by atoms with Gasteiger partial charge in [0, 0.05) is 25.1 Å². The molecule has 0 unspecified atom stereocenters. The standard InChI is InChI=1S/C38H34N2O4/c41-36(39-34(38(43)44)25-28-13-5-1-6-14-28)33-23-21-30(22-24-33)27-40(26-29-15-7-2-8-16-29)37(42)35(31-17-9-3-10-18-31)32-19-11-4-12-20-32/h1-24,34-35H,25-27H2,(H,39,41)(H,43,44)/t34-/m0/s1. The molecule has 0 aliphatic rings. The molecular formula is C38H34N2O4. The molecule has 0 saturated carbocycles. The summed E-state index contributed by atoms with van der Waals surface area (Å²) in [6.07, 6.45) is 0.181. The highest BCUT2D eigenvalue weighted by Gasteiger charge is 2.28. The van der Waals surface area contributed by atoms with Crippen LogP contribution in [0.5, 0.6) is 0 Å². The van der Waals surface area contributed by atoms with E-state index >= 15 is 0 Å². The summed E-state index contributed by atoms with van der Waals surface area (Å²) in [6, 6.07) is 44.5. The Bertz CT molecular complexity index is 1620. The fourth-order valence-corrected chi connectivity index (χ4v) is 5.24. The van der Waals surface area contributed by atoms with Gasteiger partial charge >= 0.3 is 5.97 Å². The molecule has 0 spiro atoms. The fourth-order valence-electron chi connectivity index (χ4n) is 5.24. The van der Waals surface area contributed by atoms with Gasteiger partial charge in [0.1, 0.15) is 6.04 Å². The first kappa shape index (κ1) is 30.0. The molecule has 2 amide bonds. The highest BCUT2D eigenvalue weighted by Crippen LogP contribution is 2.28. The summed E-state index contributed by atoms with van der Waals surface area (Å²) in [6.45, 7) is 0.745. The van der Waals surface area contributed by atoms with E-state index in [1.165, 1.54) is 0 Å². The van der Waals surface area contributed by atoms with Gasteiger partial charge in [0.15, 0.2) is 0 Å². The lowest BCUT2D eigenvalue weighted by Gasteiger charge is -2.28. The fraction of sp³-hybridized carbons (Fsp3) is 0.132. The third kappa shape index (κ3) is 7.86. The topological polar surface area (TPSA) is 86.7 Å². The smallest absolute Gasteiger partial charge is 0.326 e. The van der Waals surface area contributed by atoms with E-state index in [0.29, 0.717) is 18.7 Å². The van der Waals surface area contributed by atoms with Crippen LogP contribution in [-0.4, -0.2) is 33.8 Å². The molecule has 0 saturated heterocycles. The van der Waals surface area contributed by atoms with E-state index in [0.717, 1.165) is 27.8 Å². The second-order valence-electron chi connectivity index (χ2n) is 10.7. The van der Waals surface area contributed by atoms with Gasteiger partial charge in [0.2, 0.25) is 5.91 Å². The van der Waals surface area contributed by atoms with Crippen LogP contribution in [0.2, 0.25) is 0 Å². The Labute approximate surface area is 257 Å². The van der Waals surface area contributed by atoms with Crippen LogP contribution in [0.1, 0.15) is 44.1 Å². The second kappa shape index (κ2) is 14.6. The van der Waals surface area contributed by atoms with Crippen LogP contribution >= 0.6 is 0 Å². The summed E-state index contributed by atoms with van der Waals surface area (Å²) in [5.74, 6) is -2.08. The molecule has 220 valence electrons. The molecule has 5 aromatic carbocycles. The highest BCUT2D eigenvalue weighted by molar-refractivity contribution is 5.96. The number of carbonyl (C=O) groups excluding carboxylic acids is 2. The number of hydrogen-bond acceptors (Lipinski definition) is 3. The summed E-state index contributed by atoms with van der Waals surface area (Å²) in [4.78, 5) is 41.1. The van der Waals surface area contributed by atoms with E-state index in [2.05, 4.69) is 5.32 Å². The van der Waals surface area contributed by atoms with Crippen molar-refractivity contribution in [3.8, 4) is 0 Å². The van der Waals surface area contributed by atoms with Gasteiger partial charge in [0.25, 0.3) is 5.91 Å². The summed E-state index contributed by atoms with van der Waals surface area (Å²) in [5, 5.41) is 12.3. The zero-order valence-corrected chi connectivity index (χ0v) is 24.3. The van der Waals surface area contributed by atoms with E-state index in [9.17, 15) is 19.5 Å². The molecular weight excluding hydrogens is 548 g/mol. The Morgan fingerprint density at radius 2 is 1.00 bits per heavy atom. The first-order valence-corrected chi connectivity index (χ1v) is 14.6. The lowest BCUT2D eigenvalue weighted by molar-refractivity contribution is -0.139. The van der Waals surface area contributed by atoms with Crippen molar-refractivity contribution in [2.45, 2.75) is 31.5 Å². The molecule has 0 fully saturated rings. The highest BCUT2D eigenvalue weighted by atomic mass is 16.4. The molecule has 6 nitrogen and oxygen atoms in total. The average Bonchev–Trinajstić information content (AvgIpc) is 3.06. The summed E-state index contributed by atoms with van der Waals surface area (Å²) in [5.41, 5.74) is 4.86. The molecule has 6 heteroatoms. The third-order valence-corrected chi connectivity index (χ3v) is 7.52. The lowest BCUT2D eigenvalue weighted by atomic mass is 9.89.